The maximum Gasteiger partial charge on any atom is 0.233 e. The minimum atomic E-state index is -0.554. The van der Waals surface area contributed by atoms with Gasteiger partial charge in [0.2, 0.25) is 23.6 Å². The molecule has 0 N–H and O–H groups in total. The van der Waals surface area contributed by atoms with Gasteiger partial charge in [0.05, 0.1) is 23.7 Å². The van der Waals surface area contributed by atoms with Gasteiger partial charge in [-0.3, -0.25) is 29.0 Å². The Balaban J connectivity index is 1.84. The first-order valence-corrected chi connectivity index (χ1v) is 6.33. The van der Waals surface area contributed by atoms with E-state index >= 15 is 0 Å². The molecule has 0 aromatic rings. The van der Waals surface area contributed by atoms with Gasteiger partial charge in [-0.2, -0.15) is 0 Å². The van der Waals surface area contributed by atoms with Gasteiger partial charge in [0.25, 0.3) is 0 Å². The van der Waals surface area contributed by atoms with Crippen molar-refractivity contribution in [3.8, 4) is 0 Å². The summed E-state index contributed by atoms with van der Waals surface area (Å²) >= 11 is 0. The van der Waals surface area contributed by atoms with E-state index in [1.807, 2.05) is 0 Å². The fraction of sp³-hybridized carbons (Fsp3) is 0.667. The van der Waals surface area contributed by atoms with E-state index in [1.54, 1.807) is 0 Å². The van der Waals surface area contributed by atoms with Gasteiger partial charge in [-0.15, -0.1) is 0 Å². The highest BCUT2D eigenvalue weighted by atomic mass is 16.2. The van der Waals surface area contributed by atoms with Crippen molar-refractivity contribution in [1.29, 1.82) is 0 Å². The van der Waals surface area contributed by atoms with Crippen LogP contribution in [0.5, 0.6) is 0 Å². The van der Waals surface area contributed by atoms with Crippen LogP contribution in [0.25, 0.3) is 0 Å². The number of fused-ring (bicyclic) bond motifs is 3. The largest absolute Gasteiger partial charge is 0.282 e. The molecule has 0 aromatic carbocycles. The number of carbonyl (C=O) groups is 4. The molecule has 0 aromatic heterocycles. The summed E-state index contributed by atoms with van der Waals surface area (Å²) in [5.74, 6) is -3.17. The topological polar surface area (TPSA) is 74.8 Å². The Morgan fingerprint density at radius 1 is 0.611 bits per heavy atom. The second kappa shape index (κ2) is 2.99. The zero-order chi connectivity index (χ0) is 12.6. The highest BCUT2D eigenvalue weighted by Gasteiger charge is 2.73. The molecule has 6 heteroatoms. The lowest BCUT2D eigenvalue weighted by atomic mass is 9.59. The number of hydrogen-bond acceptors (Lipinski definition) is 4. The van der Waals surface area contributed by atoms with Crippen LogP contribution in [0, 0.1) is 23.7 Å². The molecule has 5 rings (SSSR count). The Labute approximate surface area is 103 Å². The zero-order valence-corrected chi connectivity index (χ0v) is 9.67. The molecular weight excluding hydrogens is 236 g/mol. The maximum atomic E-state index is 12.1. The van der Waals surface area contributed by atoms with Crippen molar-refractivity contribution in [2.24, 2.45) is 23.7 Å². The molecule has 5 aliphatic rings. The van der Waals surface area contributed by atoms with Crippen LogP contribution >= 0.6 is 0 Å². The minimum Gasteiger partial charge on any atom is -0.282 e. The van der Waals surface area contributed by atoms with E-state index in [2.05, 4.69) is 0 Å². The molecule has 0 radical (unpaired) electrons. The standard InChI is InChI=1S/C12H12N2O4/c15-9-5-6-8-7(5)11(17)14(12(8)18)4-2-1-3-13(9)10(6)16/h5-8H,1-4H2. The van der Waals surface area contributed by atoms with E-state index in [4.69, 9.17) is 0 Å². The SMILES string of the molecule is O=C1C2C3C(=O)N1CCCCN1C(=O)C2C3C1=O. The normalized spacial score (nSPS) is 41.8. The zero-order valence-electron chi connectivity index (χ0n) is 9.67. The fourth-order valence-electron chi connectivity index (χ4n) is 3.89. The summed E-state index contributed by atoms with van der Waals surface area (Å²) in [6, 6.07) is 0. The minimum absolute atomic E-state index is 0.240. The first-order valence-electron chi connectivity index (χ1n) is 6.33. The van der Waals surface area contributed by atoms with Crippen molar-refractivity contribution in [2.75, 3.05) is 13.1 Å². The van der Waals surface area contributed by atoms with Crippen molar-refractivity contribution in [1.82, 2.24) is 9.80 Å². The van der Waals surface area contributed by atoms with E-state index in [1.165, 1.54) is 9.80 Å². The Morgan fingerprint density at radius 2 is 0.889 bits per heavy atom. The summed E-state index contributed by atoms with van der Waals surface area (Å²) in [6.45, 7) is 0.862. The van der Waals surface area contributed by atoms with Crippen molar-refractivity contribution >= 4 is 23.6 Å². The van der Waals surface area contributed by atoms with E-state index in [9.17, 15) is 19.2 Å². The van der Waals surface area contributed by atoms with Gasteiger partial charge in [-0.25, -0.2) is 0 Å². The molecule has 4 aliphatic heterocycles. The van der Waals surface area contributed by atoms with Crippen molar-refractivity contribution < 1.29 is 19.2 Å². The van der Waals surface area contributed by atoms with Gasteiger partial charge >= 0.3 is 0 Å². The number of rotatable bonds is 0. The molecule has 4 amide bonds. The molecule has 6 bridgehead atoms. The van der Waals surface area contributed by atoms with Gasteiger partial charge in [0.1, 0.15) is 0 Å². The predicted molar refractivity (Wildman–Crippen MR) is 56.6 cm³/mol. The fourth-order valence-corrected chi connectivity index (χ4v) is 3.89. The smallest absolute Gasteiger partial charge is 0.233 e. The summed E-state index contributed by atoms with van der Waals surface area (Å²) in [5.41, 5.74) is 0. The summed E-state index contributed by atoms with van der Waals surface area (Å²) in [7, 11) is 0. The Morgan fingerprint density at radius 3 is 1.17 bits per heavy atom. The highest BCUT2D eigenvalue weighted by Crippen LogP contribution is 2.56. The third kappa shape index (κ3) is 0.887. The van der Waals surface area contributed by atoms with E-state index < -0.39 is 23.7 Å². The summed E-state index contributed by atoms with van der Waals surface area (Å²) < 4.78 is 0. The predicted octanol–water partition coefficient (Wildman–Crippen LogP) is -1.00. The first-order chi connectivity index (χ1) is 8.63. The molecule has 1 aliphatic carbocycles. The molecule has 0 spiro atoms. The van der Waals surface area contributed by atoms with Gasteiger partial charge in [0.15, 0.2) is 0 Å². The quantitative estimate of drug-likeness (QED) is 0.515. The second-order valence-corrected chi connectivity index (χ2v) is 5.47. The second-order valence-electron chi connectivity index (χ2n) is 5.47. The summed E-state index contributed by atoms with van der Waals surface area (Å²) in [4.78, 5) is 51.0. The number of imide groups is 2. The molecule has 6 nitrogen and oxygen atoms in total. The number of hydrogen-bond donors (Lipinski definition) is 0. The molecule has 0 atom stereocenters. The van der Waals surface area contributed by atoms with Crippen LogP contribution in [0.15, 0.2) is 0 Å². The van der Waals surface area contributed by atoms with Crippen molar-refractivity contribution in [2.45, 2.75) is 12.8 Å². The lowest BCUT2D eigenvalue weighted by Crippen LogP contribution is -2.50. The molecule has 94 valence electrons. The molecule has 4 heterocycles. The van der Waals surface area contributed by atoms with Crippen LogP contribution in [0.2, 0.25) is 0 Å². The van der Waals surface area contributed by atoms with E-state index in [0.717, 1.165) is 0 Å². The molecule has 18 heavy (non-hydrogen) atoms. The Kier molecular flexibility index (Phi) is 1.70. The van der Waals surface area contributed by atoms with Gasteiger partial charge in [-0.05, 0) is 12.8 Å². The van der Waals surface area contributed by atoms with Gasteiger partial charge in [0, 0.05) is 13.1 Å². The monoisotopic (exact) mass is 248 g/mol. The molecule has 4 saturated heterocycles. The number of nitrogens with zero attached hydrogens (tertiary/aromatic N) is 2. The summed E-state index contributed by atoms with van der Waals surface area (Å²) in [5, 5.41) is 0. The van der Waals surface area contributed by atoms with Crippen molar-refractivity contribution in [3.05, 3.63) is 0 Å². The van der Waals surface area contributed by atoms with Crippen molar-refractivity contribution in [3.63, 3.8) is 0 Å². The van der Waals surface area contributed by atoms with E-state index in [0.29, 0.717) is 25.9 Å². The molecular formula is C12H12N2O4. The lowest BCUT2D eigenvalue weighted by molar-refractivity contribution is -0.146. The van der Waals surface area contributed by atoms with Crippen LogP contribution in [-0.4, -0.2) is 46.5 Å². The van der Waals surface area contributed by atoms with Crippen LogP contribution in [-0.2, 0) is 19.2 Å². The number of amides is 4. The van der Waals surface area contributed by atoms with Crippen LogP contribution < -0.4 is 0 Å². The third-order valence-electron chi connectivity index (χ3n) is 4.77. The summed E-state index contributed by atoms with van der Waals surface area (Å²) in [6.07, 6.45) is 1.31. The first kappa shape index (κ1) is 10.2. The van der Waals surface area contributed by atoms with Crippen LogP contribution in [0.3, 0.4) is 0 Å². The van der Waals surface area contributed by atoms with Crippen LogP contribution in [0.4, 0.5) is 0 Å². The van der Waals surface area contributed by atoms with Crippen LogP contribution in [0.1, 0.15) is 12.8 Å². The average molecular weight is 248 g/mol. The Bertz CT molecular complexity index is 420. The Hall–Kier alpha value is -1.72. The highest BCUT2D eigenvalue weighted by molar-refractivity contribution is 6.17. The lowest BCUT2D eigenvalue weighted by Gasteiger charge is -2.36. The third-order valence-corrected chi connectivity index (χ3v) is 4.77. The van der Waals surface area contributed by atoms with Gasteiger partial charge < -0.3 is 0 Å². The van der Waals surface area contributed by atoms with Gasteiger partial charge in [-0.1, -0.05) is 0 Å². The maximum absolute atomic E-state index is 12.1. The molecule has 1 saturated carbocycles. The number of carbonyl (C=O) groups excluding carboxylic acids is 4. The van der Waals surface area contributed by atoms with E-state index in [-0.39, 0.29) is 23.6 Å². The molecule has 5 fully saturated rings. The molecule has 0 unspecified atom stereocenters. The average Bonchev–Trinajstić information content (AvgIpc) is 2.59.